The average Bonchev–Trinajstić information content (AvgIpc) is 2.63. The monoisotopic (exact) mass is 479 g/mol. The van der Waals surface area contributed by atoms with Crippen LogP contribution in [0.25, 0.3) is 0 Å². The van der Waals surface area contributed by atoms with Crippen molar-refractivity contribution in [3.63, 3.8) is 0 Å². The summed E-state index contributed by atoms with van der Waals surface area (Å²) in [5.41, 5.74) is 0.965. The van der Waals surface area contributed by atoms with Crippen molar-refractivity contribution in [1.29, 1.82) is 0 Å². The van der Waals surface area contributed by atoms with Crippen molar-refractivity contribution in [2.75, 3.05) is 33.9 Å². The molecule has 0 unspecified atom stereocenters. The number of benzene rings is 1. The van der Waals surface area contributed by atoms with E-state index in [2.05, 4.69) is 15.6 Å². The Hall–Kier alpha value is -1.71. The second-order valence-electron chi connectivity index (χ2n) is 5.21. The summed E-state index contributed by atoms with van der Waals surface area (Å²) in [7, 11) is 3.25. The second kappa shape index (κ2) is 14.5. The van der Waals surface area contributed by atoms with Crippen molar-refractivity contribution in [1.82, 2.24) is 10.6 Å². The van der Waals surface area contributed by atoms with Crippen molar-refractivity contribution >= 4 is 35.9 Å². The predicted molar refractivity (Wildman–Crippen MR) is 114 cm³/mol. The van der Waals surface area contributed by atoms with E-state index in [9.17, 15) is 4.79 Å². The van der Waals surface area contributed by atoms with Crippen LogP contribution in [0.2, 0.25) is 0 Å². The Morgan fingerprint density at radius 2 is 1.92 bits per heavy atom. The highest BCUT2D eigenvalue weighted by molar-refractivity contribution is 14.0. The van der Waals surface area contributed by atoms with E-state index in [1.54, 1.807) is 21.1 Å². The van der Waals surface area contributed by atoms with Crippen molar-refractivity contribution in [2.24, 2.45) is 4.99 Å². The van der Waals surface area contributed by atoms with Gasteiger partial charge in [0.05, 0.1) is 27.4 Å². The van der Waals surface area contributed by atoms with Crippen LogP contribution in [-0.4, -0.2) is 45.8 Å². The first-order valence-corrected chi connectivity index (χ1v) is 8.53. The number of nitrogens with zero attached hydrogens (tertiary/aromatic N) is 1. The number of guanidine groups is 1. The fraction of sp³-hybridized carbons (Fsp3) is 0.556. The molecule has 1 aromatic rings. The lowest BCUT2D eigenvalue weighted by molar-refractivity contribution is -0.143. The number of hydrogen-bond donors (Lipinski definition) is 2. The standard InChI is InChI=1S/C18H29N3O4.HI/c1-5-19-18(20-11-7-8-17(22)25-6-2)21-13-14-9-10-15(23-3)12-16(14)24-4;/h9-10,12H,5-8,11,13H2,1-4H3,(H2,19,20,21);1H. The highest BCUT2D eigenvalue weighted by Crippen LogP contribution is 2.25. The Balaban J connectivity index is 0.00000625. The van der Waals surface area contributed by atoms with Crippen LogP contribution in [0.1, 0.15) is 32.3 Å². The van der Waals surface area contributed by atoms with Gasteiger partial charge in [-0.05, 0) is 32.4 Å². The smallest absolute Gasteiger partial charge is 0.305 e. The Morgan fingerprint density at radius 1 is 1.15 bits per heavy atom. The highest BCUT2D eigenvalue weighted by atomic mass is 127. The van der Waals surface area contributed by atoms with Gasteiger partial charge in [-0.15, -0.1) is 24.0 Å². The molecule has 1 rings (SSSR count). The lowest BCUT2D eigenvalue weighted by Crippen LogP contribution is -2.37. The summed E-state index contributed by atoms with van der Waals surface area (Å²) in [6.07, 6.45) is 1.08. The molecule has 0 aliphatic carbocycles. The van der Waals surface area contributed by atoms with Gasteiger partial charge in [0.15, 0.2) is 5.96 Å². The molecule has 0 aliphatic rings. The number of methoxy groups -OCH3 is 2. The molecule has 0 saturated carbocycles. The maximum Gasteiger partial charge on any atom is 0.305 e. The van der Waals surface area contributed by atoms with Crippen LogP contribution >= 0.6 is 24.0 Å². The number of carbonyl (C=O) groups excluding carboxylic acids is 1. The molecule has 0 radical (unpaired) electrons. The van der Waals surface area contributed by atoms with Gasteiger partial charge in [-0.2, -0.15) is 0 Å². The van der Waals surface area contributed by atoms with Crippen LogP contribution in [0.3, 0.4) is 0 Å². The SMILES string of the molecule is CCNC(=NCc1ccc(OC)cc1OC)NCCCC(=O)OCC.I. The summed E-state index contributed by atoms with van der Waals surface area (Å²) < 4.78 is 15.5. The van der Waals surface area contributed by atoms with Crippen LogP contribution in [0.5, 0.6) is 11.5 Å². The molecule has 8 heteroatoms. The third-order valence-corrected chi connectivity index (χ3v) is 3.40. The number of nitrogens with one attached hydrogen (secondary N) is 2. The van der Waals surface area contributed by atoms with Crippen LogP contribution in [0.15, 0.2) is 23.2 Å². The van der Waals surface area contributed by atoms with E-state index >= 15 is 0 Å². The topological polar surface area (TPSA) is 81.2 Å². The quantitative estimate of drug-likeness (QED) is 0.177. The Bertz CT molecular complexity index is 567. The van der Waals surface area contributed by atoms with E-state index in [1.807, 2.05) is 25.1 Å². The molecule has 0 saturated heterocycles. The first kappa shape index (κ1) is 24.3. The fourth-order valence-electron chi connectivity index (χ4n) is 2.16. The number of hydrogen-bond acceptors (Lipinski definition) is 5. The summed E-state index contributed by atoms with van der Waals surface area (Å²) in [5.74, 6) is 2.01. The molecule has 0 spiro atoms. The number of halogens is 1. The third-order valence-electron chi connectivity index (χ3n) is 3.40. The zero-order valence-corrected chi connectivity index (χ0v) is 18.3. The van der Waals surface area contributed by atoms with Crippen LogP contribution in [0.4, 0.5) is 0 Å². The second-order valence-corrected chi connectivity index (χ2v) is 5.21. The minimum absolute atomic E-state index is 0. The molecular formula is C18H30IN3O4. The van der Waals surface area contributed by atoms with Gasteiger partial charge in [0, 0.05) is 31.1 Å². The summed E-state index contributed by atoms with van der Waals surface area (Å²) in [6.45, 7) is 6.09. The largest absolute Gasteiger partial charge is 0.497 e. The first-order chi connectivity index (χ1) is 12.1. The molecule has 0 bridgehead atoms. The Kier molecular flexibility index (Phi) is 13.5. The normalized spacial score (nSPS) is 10.5. The van der Waals surface area contributed by atoms with Gasteiger partial charge in [-0.25, -0.2) is 4.99 Å². The molecule has 0 fully saturated rings. The summed E-state index contributed by atoms with van der Waals surface area (Å²) >= 11 is 0. The first-order valence-electron chi connectivity index (χ1n) is 8.53. The molecule has 7 nitrogen and oxygen atoms in total. The minimum Gasteiger partial charge on any atom is -0.497 e. The summed E-state index contributed by atoms with van der Waals surface area (Å²) in [6, 6.07) is 5.66. The molecule has 0 atom stereocenters. The van der Waals surface area contributed by atoms with Crippen molar-refractivity contribution < 1.29 is 19.0 Å². The molecule has 148 valence electrons. The van der Waals surface area contributed by atoms with Crippen LogP contribution < -0.4 is 20.1 Å². The lowest BCUT2D eigenvalue weighted by atomic mass is 10.2. The summed E-state index contributed by atoms with van der Waals surface area (Å²) in [4.78, 5) is 15.9. The maximum atomic E-state index is 11.3. The molecule has 1 aromatic carbocycles. The van der Waals surface area contributed by atoms with Crippen LogP contribution in [0, 0.1) is 0 Å². The van der Waals surface area contributed by atoms with Gasteiger partial charge in [-0.3, -0.25) is 4.79 Å². The van der Waals surface area contributed by atoms with Crippen molar-refractivity contribution in [2.45, 2.75) is 33.2 Å². The van der Waals surface area contributed by atoms with E-state index < -0.39 is 0 Å². The zero-order valence-electron chi connectivity index (χ0n) is 16.0. The fourth-order valence-corrected chi connectivity index (χ4v) is 2.16. The molecule has 2 N–H and O–H groups in total. The molecule has 0 aliphatic heterocycles. The van der Waals surface area contributed by atoms with Crippen molar-refractivity contribution in [3.8, 4) is 11.5 Å². The highest BCUT2D eigenvalue weighted by Gasteiger charge is 2.06. The van der Waals surface area contributed by atoms with E-state index in [1.165, 1.54) is 0 Å². The minimum atomic E-state index is -0.172. The number of carbonyl (C=O) groups is 1. The number of rotatable bonds is 10. The maximum absolute atomic E-state index is 11.3. The molecule has 0 aromatic heterocycles. The van der Waals surface area contributed by atoms with E-state index in [-0.39, 0.29) is 29.9 Å². The number of ether oxygens (including phenoxy) is 3. The Labute approximate surface area is 172 Å². The van der Waals surface area contributed by atoms with Gasteiger partial charge in [0.1, 0.15) is 11.5 Å². The lowest BCUT2D eigenvalue weighted by Gasteiger charge is -2.12. The molecule has 26 heavy (non-hydrogen) atoms. The average molecular weight is 479 g/mol. The number of aliphatic imine (C=N–C) groups is 1. The van der Waals surface area contributed by atoms with Crippen LogP contribution in [-0.2, 0) is 16.1 Å². The van der Waals surface area contributed by atoms with Gasteiger partial charge >= 0.3 is 5.97 Å². The van der Waals surface area contributed by atoms with Gasteiger partial charge in [0.25, 0.3) is 0 Å². The summed E-state index contributed by atoms with van der Waals surface area (Å²) in [5, 5.41) is 6.40. The van der Waals surface area contributed by atoms with Gasteiger partial charge in [0.2, 0.25) is 0 Å². The van der Waals surface area contributed by atoms with E-state index in [0.717, 1.165) is 23.6 Å². The number of esters is 1. The molecular weight excluding hydrogens is 449 g/mol. The van der Waals surface area contributed by atoms with Gasteiger partial charge < -0.3 is 24.8 Å². The third kappa shape index (κ3) is 9.12. The zero-order chi connectivity index (χ0) is 18.5. The Morgan fingerprint density at radius 3 is 2.54 bits per heavy atom. The van der Waals surface area contributed by atoms with Crippen molar-refractivity contribution in [3.05, 3.63) is 23.8 Å². The predicted octanol–water partition coefficient (Wildman–Crippen LogP) is 2.72. The van der Waals surface area contributed by atoms with Gasteiger partial charge in [-0.1, -0.05) is 0 Å². The van der Waals surface area contributed by atoms with E-state index in [0.29, 0.717) is 38.5 Å². The van der Waals surface area contributed by atoms with E-state index in [4.69, 9.17) is 14.2 Å². The molecule has 0 amide bonds. The molecule has 0 heterocycles.